The topological polar surface area (TPSA) is 80.2 Å². The van der Waals surface area contributed by atoms with E-state index in [-0.39, 0.29) is 5.75 Å². The number of rotatable bonds is 6. The molecular weight excluding hydrogens is 372 g/mol. The summed E-state index contributed by atoms with van der Waals surface area (Å²) in [4.78, 5) is 25.1. The van der Waals surface area contributed by atoms with Gasteiger partial charge in [0.05, 0.1) is 13.3 Å². The third-order valence-electron chi connectivity index (χ3n) is 4.24. The Morgan fingerprint density at radius 2 is 1.86 bits per heavy atom. The third kappa shape index (κ3) is 3.78. The average molecular weight is 389 g/mol. The number of hydrazone groups is 1. The van der Waals surface area contributed by atoms with Gasteiger partial charge in [-0.05, 0) is 42.3 Å². The van der Waals surface area contributed by atoms with Gasteiger partial charge in [0.1, 0.15) is 17.0 Å². The van der Waals surface area contributed by atoms with Gasteiger partial charge in [0.2, 0.25) is 0 Å². The number of nitrogens with one attached hydrogen (secondary N) is 1. The van der Waals surface area contributed by atoms with Crippen molar-refractivity contribution in [2.75, 3.05) is 7.11 Å². The van der Waals surface area contributed by atoms with Crippen molar-refractivity contribution < 1.29 is 27.8 Å². The molecule has 1 aliphatic rings. The Hall–Kier alpha value is -3.49. The van der Waals surface area contributed by atoms with E-state index in [1.54, 1.807) is 24.3 Å². The van der Waals surface area contributed by atoms with Crippen molar-refractivity contribution in [3.63, 3.8) is 0 Å². The van der Waals surface area contributed by atoms with E-state index in [2.05, 4.69) is 15.2 Å². The number of halogens is 2. The molecule has 1 N–H and O–H groups in total. The van der Waals surface area contributed by atoms with E-state index in [1.807, 2.05) is 0 Å². The fourth-order valence-electron chi connectivity index (χ4n) is 2.74. The predicted molar refractivity (Wildman–Crippen MR) is 96.4 cm³/mol. The second-order valence-corrected chi connectivity index (χ2v) is 6.10. The summed E-state index contributed by atoms with van der Waals surface area (Å²) in [6.45, 7) is -1.44. The molecule has 1 aliphatic heterocycles. The second kappa shape index (κ2) is 7.63. The van der Waals surface area contributed by atoms with Crippen molar-refractivity contribution in [3.05, 3.63) is 59.7 Å². The normalized spacial score (nSPS) is 19.4. The molecule has 3 rings (SSSR count). The van der Waals surface area contributed by atoms with E-state index >= 15 is 0 Å². The summed E-state index contributed by atoms with van der Waals surface area (Å²) in [6, 6.07) is 11.7. The van der Waals surface area contributed by atoms with Gasteiger partial charge >= 0.3 is 12.6 Å². The molecule has 2 aromatic rings. The number of nitrogens with zero attached hydrogens (tertiary/aromatic N) is 2. The number of methoxy groups -OCH3 is 1. The average Bonchev–Trinajstić information content (AvgIpc) is 2.89. The molecule has 0 spiro atoms. The van der Waals surface area contributed by atoms with Gasteiger partial charge in [-0.2, -0.15) is 13.9 Å². The van der Waals surface area contributed by atoms with Crippen molar-refractivity contribution in [2.24, 2.45) is 5.10 Å². The third-order valence-corrected chi connectivity index (χ3v) is 4.24. The highest BCUT2D eigenvalue weighted by Gasteiger charge is 2.49. The van der Waals surface area contributed by atoms with Crippen LogP contribution in [-0.2, 0) is 10.3 Å². The number of urea groups is 1. The minimum Gasteiger partial charge on any atom is -0.497 e. The van der Waals surface area contributed by atoms with Crippen molar-refractivity contribution in [3.8, 4) is 11.5 Å². The van der Waals surface area contributed by atoms with Crippen LogP contribution in [-0.4, -0.2) is 36.9 Å². The van der Waals surface area contributed by atoms with Gasteiger partial charge in [-0.15, -0.1) is 5.01 Å². The van der Waals surface area contributed by atoms with Crippen molar-refractivity contribution in [2.45, 2.75) is 19.1 Å². The maximum Gasteiger partial charge on any atom is 0.387 e. The Morgan fingerprint density at radius 1 is 1.14 bits per heavy atom. The number of imide groups is 1. The minimum absolute atomic E-state index is 0.0491. The standard InChI is InChI=1S/C19H17F2N3O4/c1-19(13-6-8-14(9-7-13)28-17(20)21)16(25)24(18(26)23-19)22-11-12-4-3-5-15(10-12)27-2/h3-11,17H,1-2H3,(H,23,26). The Balaban J connectivity index is 1.81. The molecule has 0 aromatic heterocycles. The molecule has 1 unspecified atom stereocenters. The molecule has 0 saturated carbocycles. The molecule has 146 valence electrons. The van der Waals surface area contributed by atoms with Crippen LogP contribution >= 0.6 is 0 Å². The minimum atomic E-state index is -2.95. The summed E-state index contributed by atoms with van der Waals surface area (Å²) in [5, 5.41) is 7.28. The molecule has 1 atom stereocenters. The number of ether oxygens (including phenoxy) is 2. The lowest BCUT2D eigenvalue weighted by atomic mass is 9.92. The first-order valence-corrected chi connectivity index (χ1v) is 8.23. The van der Waals surface area contributed by atoms with Crippen LogP contribution in [0.5, 0.6) is 11.5 Å². The first-order chi connectivity index (χ1) is 13.3. The van der Waals surface area contributed by atoms with E-state index < -0.39 is 24.1 Å². The maximum atomic E-state index is 12.8. The maximum absolute atomic E-state index is 12.8. The van der Waals surface area contributed by atoms with Gasteiger partial charge in [-0.3, -0.25) is 4.79 Å². The highest BCUT2D eigenvalue weighted by molar-refractivity contribution is 6.07. The lowest BCUT2D eigenvalue weighted by Crippen LogP contribution is -2.40. The molecule has 0 aliphatic carbocycles. The van der Waals surface area contributed by atoms with Gasteiger partial charge < -0.3 is 14.8 Å². The van der Waals surface area contributed by atoms with E-state index in [9.17, 15) is 18.4 Å². The van der Waals surface area contributed by atoms with Gasteiger partial charge in [0.25, 0.3) is 5.91 Å². The number of amides is 3. The molecule has 0 bridgehead atoms. The number of hydrogen-bond acceptors (Lipinski definition) is 5. The van der Waals surface area contributed by atoms with Crippen molar-refractivity contribution in [1.82, 2.24) is 10.3 Å². The quantitative estimate of drug-likeness (QED) is 0.608. The molecule has 28 heavy (non-hydrogen) atoms. The van der Waals surface area contributed by atoms with Crippen LogP contribution in [0.25, 0.3) is 0 Å². The first kappa shape index (κ1) is 19.3. The second-order valence-electron chi connectivity index (χ2n) is 6.10. The zero-order valence-electron chi connectivity index (χ0n) is 15.1. The zero-order valence-corrected chi connectivity index (χ0v) is 15.1. The number of benzene rings is 2. The monoisotopic (exact) mass is 389 g/mol. The summed E-state index contributed by atoms with van der Waals surface area (Å²) >= 11 is 0. The van der Waals surface area contributed by atoms with Crippen LogP contribution < -0.4 is 14.8 Å². The van der Waals surface area contributed by atoms with Gasteiger partial charge in [-0.25, -0.2) is 4.79 Å². The van der Waals surface area contributed by atoms with Crippen molar-refractivity contribution >= 4 is 18.2 Å². The van der Waals surface area contributed by atoms with E-state index in [1.165, 1.54) is 44.5 Å². The van der Waals surface area contributed by atoms with E-state index in [0.29, 0.717) is 16.9 Å². The molecule has 7 nitrogen and oxygen atoms in total. The molecule has 1 heterocycles. The SMILES string of the molecule is COc1cccc(C=NN2C(=O)NC(C)(c3ccc(OC(F)F)cc3)C2=O)c1. The van der Waals surface area contributed by atoms with Gasteiger partial charge in [0, 0.05) is 0 Å². The van der Waals surface area contributed by atoms with E-state index in [0.717, 1.165) is 5.01 Å². The molecule has 2 aromatic carbocycles. The lowest BCUT2D eigenvalue weighted by molar-refractivity contribution is -0.131. The molecule has 1 saturated heterocycles. The number of hydrogen-bond donors (Lipinski definition) is 1. The Labute approximate surface area is 159 Å². The van der Waals surface area contributed by atoms with Crippen LogP contribution in [0.3, 0.4) is 0 Å². The van der Waals surface area contributed by atoms with Crippen molar-refractivity contribution in [1.29, 1.82) is 0 Å². The van der Waals surface area contributed by atoms with Crippen LogP contribution in [0.4, 0.5) is 13.6 Å². The Bertz CT molecular complexity index is 918. The predicted octanol–water partition coefficient (Wildman–Crippen LogP) is 3.10. The van der Waals surface area contributed by atoms with Gasteiger partial charge in [0.15, 0.2) is 0 Å². The molecule has 9 heteroatoms. The fourth-order valence-corrected chi connectivity index (χ4v) is 2.74. The fraction of sp³-hybridized carbons (Fsp3) is 0.211. The smallest absolute Gasteiger partial charge is 0.387 e. The van der Waals surface area contributed by atoms with Crippen LogP contribution in [0.2, 0.25) is 0 Å². The zero-order chi connectivity index (χ0) is 20.3. The molecule has 0 radical (unpaired) electrons. The summed E-state index contributed by atoms with van der Waals surface area (Å²) in [5.74, 6) is -0.0386. The van der Waals surface area contributed by atoms with Crippen LogP contribution in [0, 0.1) is 0 Å². The highest BCUT2D eigenvalue weighted by atomic mass is 19.3. The van der Waals surface area contributed by atoms with Gasteiger partial charge in [-0.1, -0.05) is 24.3 Å². The number of alkyl halides is 2. The highest BCUT2D eigenvalue weighted by Crippen LogP contribution is 2.30. The van der Waals surface area contributed by atoms with Crippen LogP contribution in [0.15, 0.2) is 53.6 Å². The largest absolute Gasteiger partial charge is 0.497 e. The summed E-state index contributed by atoms with van der Waals surface area (Å²) in [7, 11) is 1.52. The summed E-state index contributed by atoms with van der Waals surface area (Å²) in [5.41, 5.74) is -0.333. The summed E-state index contributed by atoms with van der Waals surface area (Å²) in [6.07, 6.45) is 1.37. The lowest BCUT2D eigenvalue weighted by Gasteiger charge is -2.21. The van der Waals surface area contributed by atoms with E-state index in [4.69, 9.17) is 4.74 Å². The molecule has 3 amide bonds. The first-order valence-electron chi connectivity index (χ1n) is 8.23. The Kier molecular flexibility index (Phi) is 5.25. The molecular formula is C19H17F2N3O4. The van der Waals surface area contributed by atoms with Crippen LogP contribution in [0.1, 0.15) is 18.1 Å². The summed E-state index contributed by atoms with van der Waals surface area (Å²) < 4.78 is 33.9. The number of carbonyl (C=O) groups excluding carboxylic acids is 2. The Morgan fingerprint density at radius 3 is 2.50 bits per heavy atom. The molecule has 1 fully saturated rings. The number of carbonyl (C=O) groups is 2.